The van der Waals surface area contributed by atoms with Crippen molar-refractivity contribution in [2.45, 2.75) is 0 Å². The van der Waals surface area contributed by atoms with Crippen LogP contribution in [0.25, 0.3) is 0 Å². The van der Waals surface area contributed by atoms with Crippen LogP contribution in [0.15, 0.2) is 0 Å². The molecule has 8 heteroatoms. The monoisotopic (exact) mass is 178 g/mol. The predicted molar refractivity (Wildman–Crippen MR) is 26.7 cm³/mol. The smallest absolute Gasteiger partial charge is 1.00 e. The third-order valence-electron chi connectivity index (χ3n) is 0.135. The molecular weight excluding hydrogens is 171 g/mol. The Kier molecular flexibility index (Phi) is 19.5. The largest absolute Gasteiger partial charge is 1.00 e. The van der Waals surface area contributed by atoms with Crippen LogP contribution < -0.4 is 29.6 Å². The molecule has 0 aliphatic carbocycles. The molecule has 0 aromatic heterocycles. The summed E-state index contributed by atoms with van der Waals surface area (Å²) in [6, 6.07) is 0. The molecule has 0 saturated heterocycles. The van der Waals surface area contributed by atoms with E-state index in [9.17, 15) is 0 Å². The van der Waals surface area contributed by atoms with Crippen molar-refractivity contribution >= 4 is 15.1 Å². The van der Waals surface area contributed by atoms with Gasteiger partial charge in [0.05, 0.1) is 0 Å². The maximum Gasteiger partial charge on any atom is 1.00 e. The van der Waals surface area contributed by atoms with Gasteiger partial charge in [0.2, 0.25) is 0 Å². The number of carboxylic acids is 1. The average molecular weight is 178 g/mol. The fourth-order valence-corrected chi connectivity index (χ4v) is 0. The Labute approximate surface area is 81.8 Å². The minimum absolute atomic E-state index is 0. The quantitative estimate of drug-likeness (QED) is 0.298. The number of rotatable bonds is 1. The molecule has 0 fully saturated rings. The van der Waals surface area contributed by atoms with Crippen LogP contribution in [-0.2, 0) is 9.26 Å². The Morgan fingerprint density at radius 3 is 1.60 bits per heavy atom. The minimum atomic E-state index is -3.13. The fourth-order valence-electron chi connectivity index (χ4n) is 0. The van der Waals surface area contributed by atoms with Crippen molar-refractivity contribution in [3.05, 3.63) is 0 Å². The van der Waals surface area contributed by atoms with Crippen molar-refractivity contribution < 1.29 is 60.0 Å². The van der Waals surface area contributed by atoms with Gasteiger partial charge in [0.15, 0.2) is 0 Å². The van der Waals surface area contributed by atoms with E-state index in [0.717, 1.165) is 0 Å². The first-order valence-electron chi connectivity index (χ1n) is 1.75. The molecule has 0 unspecified atom stereocenters. The SMILES string of the molecule is O=C(O)CO.O=[Si](O)O.[H-].[Na+]. The standard InChI is InChI=1S/C2H4O3.Na.H2O3Si.H/c3-1-2(4)5;;1-4(2)3;/h3H,1H2,(H,4,5);;1-2H;/q;+1;;-1. The number of hydrogen-bond acceptors (Lipinski definition) is 3. The number of aliphatic hydroxyl groups excluding tert-OH is 1. The van der Waals surface area contributed by atoms with Crippen LogP contribution in [0.2, 0.25) is 0 Å². The molecular formula is C2H7NaO6Si. The van der Waals surface area contributed by atoms with Crippen molar-refractivity contribution in [2.24, 2.45) is 0 Å². The Bertz CT molecular complexity index is 105. The van der Waals surface area contributed by atoms with Gasteiger partial charge in [-0.2, -0.15) is 0 Å². The van der Waals surface area contributed by atoms with E-state index in [4.69, 9.17) is 29.1 Å². The first-order valence-corrected chi connectivity index (χ1v) is 3.05. The van der Waals surface area contributed by atoms with E-state index in [1.54, 1.807) is 0 Å². The van der Waals surface area contributed by atoms with E-state index in [1.807, 2.05) is 0 Å². The zero-order valence-electron chi connectivity index (χ0n) is 6.31. The van der Waals surface area contributed by atoms with Gasteiger partial charge in [0, 0.05) is 0 Å². The summed E-state index contributed by atoms with van der Waals surface area (Å²) in [4.78, 5) is 23.4. The first-order chi connectivity index (χ1) is 4.00. The van der Waals surface area contributed by atoms with E-state index in [-0.39, 0.29) is 31.0 Å². The number of carbonyl (C=O) groups is 1. The van der Waals surface area contributed by atoms with Gasteiger partial charge in [0.25, 0.3) is 0 Å². The molecule has 0 aromatic rings. The summed E-state index contributed by atoms with van der Waals surface area (Å²) in [7, 11) is -3.13. The summed E-state index contributed by atoms with van der Waals surface area (Å²) in [6.07, 6.45) is 0. The Hall–Kier alpha value is 0.0469. The van der Waals surface area contributed by atoms with Crippen LogP contribution in [0.1, 0.15) is 1.43 Å². The van der Waals surface area contributed by atoms with Gasteiger partial charge in [-0.05, 0) is 0 Å². The molecule has 0 atom stereocenters. The average Bonchev–Trinajstić information content (AvgIpc) is 1.65. The molecule has 0 saturated carbocycles. The van der Waals surface area contributed by atoms with Gasteiger partial charge in [-0.15, -0.1) is 0 Å². The molecule has 10 heavy (non-hydrogen) atoms. The molecule has 6 nitrogen and oxygen atoms in total. The van der Waals surface area contributed by atoms with E-state index in [0.29, 0.717) is 0 Å². The van der Waals surface area contributed by atoms with Crippen LogP contribution in [0, 0.1) is 0 Å². The summed E-state index contributed by atoms with van der Waals surface area (Å²) in [5.74, 6) is -1.19. The molecule has 0 bridgehead atoms. The normalized spacial score (nSPS) is 6.10. The molecule has 0 aliphatic heterocycles. The fraction of sp³-hybridized carbons (Fsp3) is 0.500. The van der Waals surface area contributed by atoms with Crippen LogP contribution in [0.5, 0.6) is 0 Å². The number of aliphatic hydroxyl groups is 1. The van der Waals surface area contributed by atoms with Crippen molar-refractivity contribution in [1.29, 1.82) is 0 Å². The van der Waals surface area contributed by atoms with E-state index in [1.165, 1.54) is 0 Å². The molecule has 0 rings (SSSR count). The van der Waals surface area contributed by atoms with E-state index in [2.05, 4.69) is 0 Å². The zero-order chi connectivity index (χ0) is 7.86. The first kappa shape index (κ1) is 16.6. The molecule has 0 heterocycles. The van der Waals surface area contributed by atoms with Gasteiger partial charge in [-0.25, -0.2) is 4.79 Å². The molecule has 56 valence electrons. The van der Waals surface area contributed by atoms with Crippen molar-refractivity contribution in [3.63, 3.8) is 0 Å². The zero-order valence-corrected chi connectivity index (χ0v) is 8.31. The van der Waals surface area contributed by atoms with Gasteiger partial charge in [-0.1, -0.05) is 0 Å². The van der Waals surface area contributed by atoms with Gasteiger partial charge < -0.3 is 21.2 Å². The predicted octanol–water partition coefficient (Wildman–Crippen LogP) is -5.43. The second-order valence-corrected chi connectivity index (χ2v) is 1.40. The Balaban J connectivity index is -0.0000000383. The van der Waals surface area contributed by atoms with Crippen molar-refractivity contribution in [2.75, 3.05) is 6.61 Å². The third kappa shape index (κ3) is 95.4. The van der Waals surface area contributed by atoms with Crippen LogP contribution >= 0.6 is 0 Å². The van der Waals surface area contributed by atoms with E-state index >= 15 is 0 Å². The Morgan fingerprint density at radius 1 is 1.50 bits per heavy atom. The molecule has 4 N–H and O–H groups in total. The maximum atomic E-state index is 9.12. The molecule has 0 spiro atoms. The Morgan fingerprint density at radius 2 is 1.60 bits per heavy atom. The maximum absolute atomic E-state index is 9.12. The van der Waals surface area contributed by atoms with Gasteiger partial charge in [-0.3, -0.25) is 4.46 Å². The summed E-state index contributed by atoms with van der Waals surface area (Å²) in [5, 5.41) is 15.0. The number of carboxylic acid groups (broad SMARTS) is 1. The summed E-state index contributed by atoms with van der Waals surface area (Å²) >= 11 is 0. The molecule has 0 radical (unpaired) electrons. The van der Waals surface area contributed by atoms with E-state index < -0.39 is 21.7 Å². The van der Waals surface area contributed by atoms with Crippen LogP contribution in [-0.4, -0.2) is 41.6 Å². The second kappa shape index (κ2) is 11.8. The summed E-state index contributed by atoms with van der Waals surface area (Å²) < 4.78 is 8.74. The van der Waals surface area contributed by atoms with Crippen LogP contribution in [0.3, 0.4) is 0 Å². The molecule has 0 amide bonds. The topological polar surface area (TPSA) is 115 Å². The molecule has 0 aromatic carbocycles. The third-order valence-corrected chi connectivity index (χ3v) is 0.135. The van der Waals surface area contributed by atoms with Crippen molar-refractivity contribution in [3.8, 4) is 0 Å². The van der Waals surface area contributed by atoms with Gasteiger partial charge >= 0.3 is 44.7 Å². The number of hydrogen-bond donors (Lipinski definition) is 4. The minimum Gasteiger partial charge on any atom is -1.00 e. The van der Waals surface area contributed by atoms with Crippen molar-refractivity contribution in [1.82, 2.24) is 0 Å². The van der Waals surface area contributed by atoms with Crippen LogP contribution in [0.4, 0.5) is 0 Å². The summed E-state index contributed by atoms with van der Waals surface area (Å²) in [5.41, 5.74) is 0. The number of aliphatic carboxylic acids is 1. The molecule has 0 aliphatic rings. The summed E-state index contributed by atoms with van der Waals surface area (Å²) in [6.45, 7) is -0.778. The van der Waals surface area contributed by atoms with Gasteiger partial charge in [0.1, 0.15) is 6.61 Å². The second-order valence-electron chi connectivity index (χ2n) is 0.834.